The van der Waals surface area contributed by atoms with Gasteiger partial charge in [0, 0.05) is 17.7 Å². The fraction of sp³-hybridized carbons (Fsp3) is 0.357. The zero-order valence-electron chi connectivity index (χ0n) is 12.6. The van der Waals surface area contributed by atoms with Crippen molar-refractivity contribution < 1.29 is 18.9 Å². The molecule has 0 saturated heterocycles. The molecule has 2 aromatic rings. The lowest BCUT2D eigenvalue weighted by Gasteiger charge is -2.05. The molecular weight excluding hydrogens is 322 g/mol. The molecule has 0 fully saturated rings. The van der Waals surface area contributed by atoms with E-state index in [1.54, 1.807) is 19.1 Å². The van der Waals surface area contributed by atoms with Crippen LogP contribution in [0, 0.1) is 10.1 Å². The number of ether oxygens (including phenoxy) is 1. The molecule has 122 valence electrons. The largest absolute Gasteiger partial charge is 0.465 e. The highest BCUT2D eigenvalue weighted by molar-refractivity contribution is 8.00. The summed E-state index contributed by atoms with van der Waals surface area (Å²) in [4.78, 5) is 21.5. The fourth-order valence-corrected chi connectivity index (χ4v) is 2.42. The lowest BCUT2D eigenvalue weighted by atomic mass is 10.2. The third-order valence-electron chi connectivity index (χ3n) is 2.87. The van der Waals surface area contributed by atoms with Gasteiger partial charge in [-0.05, 0) is 26.0 Å². The smallest absolute Gasteiger partial charge is 0.315 e. The number of nitrogens with zero attached hydrogens (tertiary/aromatic N) is 3. The van der Waals surface area contributed by atoms with E-state index in [9.17, 15) is 14.9 Å². The molecular formula is C14H15N3O5S. The topological polar surface area (TPSA) is 108 Å². The van der Waals surface area contributed by atoms with E-state index in [0.29, 0.717) is 18.1 Å². The van der Waals surface area contributed by atoms with Gasteiger partial charge >= 0.3 is 5.97 Å². The number of nitro benzene ring substituents is 1. The number of hydrogen-bond acceptors (Lipinski definition) is 8. The Morgan fingerprint density at radius 2 is 2.09 bits per heavy atom. The zero-order chi connectivity index (χ0) is 16.8. The minimum Gasteiger partial charge on any atom is -0.465 e. The van der Waals surface area contributed by atoms with Gasteiger partial charge in [0.2, 0.25) is 11.8 Å². The Morgan fingerprint density at radius 3 is 2.70 bits per heavy atom. The highest BCUT2D eigenvalue weighted by Gasteiger charge is 2.17. The molecule has 1 aromatic heterocycles. The van der Waals surface area contributed by atoms with Gasteiger partial charge in [-0.1, -0.05) is 0 Å². The lowest BCUT2D eigenvalue weighted by Crippen LogP contribution is -2.07. The normalized spacial score (nSPS) is 11.9. The summed E-state index contributed by atoms with van der Waals surface area (Å²) < 4.78 is 10.4. The van der Waals surface area contributed by atoms with E-state index in [-0.39, 0.29) is 28.6 Å². The van der Waals surface area contributed by atoms with Crippen LogP contribution in [-0.4, -0.2) is 33.4 Å². The number of esters is 1. The van der Waals surface area contributed by atoms with E-state index >= 15 is 0 Å². The number of hydrogen-bond donors (Lipinski definition) is 0. The molecule has 0 amide bonds. The number of benzene rings is 1. The van der Waals surface area contributed by atoms with E-state index in [0.717, 1.165) is 0 Å². The van der Waals surface area contributed by atoms with Crippen LogP contribution in [0.4, 0.5) is 5.69 Å². The molecule has 1 heterocycles. The molecule has 8 nitrogen and oxygen atoms in total. The summed E-state index contributed by atoms with van der Waals surface area (Å²) in [5.41, 5.74) is 0.587. The van der Waals surface area contributed by atoms with Crippen LogP contribution in [0.25, 0.3) is 11.5 Å². The molecule has 0 N–H and O–H groups in total. The second-order valence-electron chi connectivity index (χ2n) is 4.51. The molecule has 0 saturated carbocycles. The van der Waals surface area contributed by atoms with E-state index in [1.165, 1.54) is 23.9 Å². The second kappa shape index (κ2) is 7.73. The van der Waals surface area contributed by atoms with Crippen molar-refractivity contribution in [2.24, 2.45) is 0 Å². The Bertz CT molecular complexity index is 686. The van der Waals surface area contributed by atoms with Gasteiger partial charge in [0.25, 0.3) is 5.69 Å². The molecule has 2 rings (SSSR count). The monoisotopic (exact) mass is 337 g/mol. The van der Waals surface area contributed by atoms with Gasteiger partial charge in [0.05, 0.1) is 22.5 Å². The summed E-state index contributed by atoms with van der Waals surface area (Å²) in [6.07, 6.45) is 0. The molecule has 1 aromatic carbocycles. The van der Waals surface area contributed by atoms with Crippen molar-refractivity contribution in [3.8, 4) is 11.5 Å². The first kappa shape index (κ1) is 16.9. The number of carbonyl (C=O) groups excluding carboxylic acids is 1. The standard InChI is InChI=1S/C14H15N3O5S/c1-3-21-12(18)8-23-9(2)13-15-16-14(22-13)10-4-6-11(7-5-10)17(19)20/h4-7,9H,3,8H2,1-2H3/t9-/m1/s1. The molecule has 0 bridgehead atoms. The minimum atomic E-state index is -0.475. The fourth-order valence-electron chi connectivity index (χ4n) is 1.71. The number of non-ortho nitro benzene ring substituents is 1. The Labute approximate surface area is 136 Å². The highest BCUT2D eigenvalue weighted by atomic mass is 32.2. The minimum absolute atomic E-state index is 0.00755. The van der Waals surface area contributed by atoms with E-state index in [1.807, 2.05) is 6.92 Å². The molecule has 0 radical (unpaired) electrons. The van der Waals surface area contributed by atoms with Gasteiger partial charge in [0.15, 0.2) is 0 Å². The van der Waals surface area contributed by atoms with Crippen LogP contribution >= 0.6 is 11.8 Å². The third-order valence-corrected chi connectivity index (χ3v) is 3.97. The van der Waals surface area contributed by atoms with Crippen molar-refractivity contribution in [1.29, 1.82) is 0 Å². The zero-order valence-corrected chi connectivity index (χ0v) is 13.4. The van der Waals surface area contributed by atoms with Crippen LogP contribution in [-0.2, 0) is 9.53 Å². The highest BCUT2D eigenvalue weighted by Crippen LogP contribution is 2.29. The first-order chi connectivity index (χ1) is 11.0. The summed E-state index contributed by atoms with van der Waals surface area (Å²) in [7, 11) is 0. The van der Waals surface area contributed by atoms with Crippen molar-refractivity contribution in [2.45, 2.75) is 19.1 Å². The van der Waals surface area contributed by atoms with Crippen LogP contribution in [0.2, 0.25) is 0 Å². The van der Waals surface area contributed by atoms with Gasteiger partial charge in [-0.2, -0.15) is 0 Å². The summed E-state index contributed by atoms with van der Waals surface area (Å²) >= 11 is 1.33. The summed E-state index contributed by atoms with van der Waals surface area (Å²) in [5, 5.41) is 18.3. The van der Waals surface area contributed by atoms with Crippen molar-refractivity contribution in [3.63, 3.8) is 0 Å². The van der Waals surface area contributed by atoms with Crippen molar-refractivity contribution in [2.75, 3.05) is 12.4 Å². The van der Waals surface area contributed by atoms with Crippen molar-refractivity contribution >= 4 is 23.4 Å². The first-order valence-electron chi connectivity index (χ1n) is 6.86. The predicted octanol–water partition coefficient (Wildman–Crippen LogP) is 3.00. The summed E-state index contributed by atoms with van der Waals surface area (Å²) in [6, 6.07) is 5.84. The van der Waals surface area contributed by atoms with E-state index < -0.39 is 4.92 Å². The van der Waals surface area contributed by atoms with Gasteiger partial charge in [0.1, 0.15) is 0 Å². The van der Waals surface area contributed by atoms with Crippen LogP contribution < -0.4 is 0 Å². The van der Waals surface area contributed by atoms with Crippen molar-refractivity contribution in [3.05, 3.63) is 40.3 Å². The van der Waals surface area contributed by atoms with Crippen LogP contribution in [0.5, 0.6) is 0 Å². The number of aromatic nitrogens is 2. The van der Waals surface area contributed by atoms with E-state index in [2.05, 4.69) is 10.2 Å². The molecule has 9 heteroatoms. The molecule has 23 heavy (non-hydrogen) atoms. The van der Waals surface area contributed by atoms with Crippen molar-refractivity contribution in [1.82, 2.24) is 10.2 Å². The average Bonchev–Trinajstić information content (AvgIpc) is 3.03. The maximum absolute atomic E-state index is 11.3. The lowest BCUT2D eigenvalue weighted by molar-refractivity contribution is -0.384. The van der Waals surface area contributed by atoms with Gasteiger partial charge < -0.3 is 9.15 Å². The Balaban J connectivity index is 2.02. The summed E-state index contributed by atoms with van der Waals surface area (Å²) in [6.45, 7) is 3.94. The molecule has 0 unspecified atom stereocenters. The Morgan fingerprint density at radius 1 is 1.39 bits per heavy atom. The SMILES string of the molecule is CCOC(=O)CS[C@H](C)c1nnc(-c2ccc([N+](=O)[O-])cc2)o1. The quantitative estimate of drug-likeness (QED) is 0.431. The van der Waals surface area contributed by atoms with Crippen LogP contribution in [0.1, 0.15) is 25.0 Å². The van der Waals surface area contributed by atoms with Gasteiger partial charge in [-0.25, -0.2) is 0 Å². The third kappa shape index (κ3) is 4.52. The first-order valence-corrected chi connectivity index (χ1v) is 7.91. The number of nitro groups is 1. The van der Waals surface area contributed by atoms with E-state index in [4.69, 9.17) is 9.15 Å². The number of carbonyl (C=O) groups is 1. The molecule has 0 spiro atoms. The Kier molecular flexibility index (Phi) is 5.69. The average molecular weight is 337 g/mol. The maximum Gasteiger partial charge on any atom is 0.315 e. The number of thioether (sulfide) groups is 1. The maximum atomic E-state index is 11.3. The van der Waals surface area contributed by atoms with Gasteiger partial charge in [-0.15, -0.1) is 22.0 Å². The van der Waals surface area contributed by atoms with Crippen LogP contribution in [0.3, 0.4) is 0 Å². The van der Waals surface area contributed by atoms with Gasteiger partial charge in [-0.3, -0.25) is 14.9 Å². The molecule has 0 aliphatic heterocycles. The number of rotatable bonds is 7. The molecule has 1 atom stereocenters. The molecule has 0 aliphatic rings. The molecule has 0 aliphatic carbocycles. The van der Waals surface area contributed by atoms with Crippen LogP contribution in [0.15, 0.2) is 28.7 Å². The predicted molar refractivity (Wildman–Crippen MR) is 83.9 cm³/mol. The summed E-state index contributed by atoms with van der Waals surface area (Å²) in [5.74, 6) is 0.565. The second-order valence-corrected chi connectivity index (χ2v) is 5.84. The Hall–Kier alpha value is -2.42.